The van der Waals surface area contributed by atoms with Crippen molar-refractivity contribution in [3.63, 3.8) is 0 Å². The van der Waals surface area contributed by atoms with Crippen LogP contribution in [0.4, 0.5) is 0 Å². The van der Waals surface area contributed by atoms with Gasteiger partial charge in [-0.1, -0.05) is 4.52 Å². The standard InChI is InChI=1S/C2HINO3P/c3-2(1-4)7-8(5)6/h2H/p+1. The van der Waals surface area contributed by atoms with Gasteiger partial charge in [-0.2, -0.15) is 5.26 Å². The maximum atomic E-state index is 9.74. The van der Waals surface area contributed by atoms with Crippen LogP contribution in [-0.2, 0) is 9.09 Å². The summed E-state index contributed by atoms with van der Waals surface area (Å²) in [6.07, 6.45) is 0. The first kappa shape index (κ1) is 8.24. The molecule has 0 spiro atoms. The van der Waals surface area contributed by atoms with Gasteiger partial charge in [0.15, 0.2) is 0 Å². The van der Waals surface area contributed by atoms with Crippen LogP contribution in [0.15, 0.2) is 0 Å². The van der Waals surface area contributed by atoms with Crippen molar-refractivity contribution in [2.24, 2.45) is 0 Å². The minimum absolute atomic E-state index is 0.832. The highest BCUT2D eigenvalue weighted by atomic mass is 127. The number of halogens is 1. The molecular weight excluding hydrogens is 244 g/mol. The molecule has 0 heterocycles. The Balaban J connectivity index is 3.43. The number of hydrogen-bond donors (Lipinski definition) is 1. The first-order chi connectivity index (χ1) is 3.66. The number of rotatable bonds is 2. The Morgan fingerprint density at radius 2 is 2.50 bits per heavy atom. The molecule has 0 aromatic heterocycles. The van der Waals surface area contributed by atoms with Crippen molar-refractivity contribution >= 4 is 30.8 Å². The minimum atomic E-state index is -2.63. The fourth-order valence-corrected chi connectivity index (χ4v) is 0.892. The molecule has 0 fully saturated rings. The highest BCUT2D eigenvalue weighted by molar-refractivity contribution is 14.1. The van der Waals surface area contributed by atoms with E-state index in [9.17, 15) is 4.57 Å². The predicted octanol–water partition coefficient (Wildman–Crippen LogP) is 0.937. The van der Waals surface area contributed by atoms with Gasteiger partial charge >= 0.3 is 8.25 Å². The van der Waals surface area contributed by atoms with Gasteiger partial charge in [0, 0.05) is 4.57 Å². The molecule has 0 aliphatic heterocycles. The summed E-state index contributed by atoms with van der Waals surface area (Å²) >= 11 is 1.59. The van der Waals surface area contributed by atoms with Crippen molar-refractivity contribution in [1.82, 2.24) is 0 Å². The predicted molar refractivity (Wildman–Crippen MR) is 34.3 cm³/mol. The van der Waals surface area contributed by atoms with Crippen LogP contribution in [0.1, 0.15) is 0 Å². The van der Waals surface area contributed by atoms with E-state index in [1.165, 1.54) is 0 Å². The normalized spacial score (nSPS) is 14.4. The van der Waals surface area contributed by atoms with Crippen LogP contribution in [0, 0.1) is 11.3 Å². The van der Waals surface area contributed by atoms with Gasteiger partial charge in [-0.3, -0.25) is 0 Å². The maximum Gasteiger partial charge on any atom is 0.696 e. The van der Waals surface area contributed by atoms with Crippen LogP contribution < -0.4 is 0 Å². The van der Waals surface area contributed by atoms with E-state index in [1.807, 2.05) is 0 Å². The number of alkyl halides is 1. The van der Waals surface area contributed by atoms with Crippen LogP contribution in [0.2, 0.25) is 0 Å². The summed E-state index contributed by atoms with van der Waals surface area (Å²) in [5.74, 6) is 0. The van der Waals surface area contributed by atoms with Crippen molar-refractivity contribution in [2.75, 3.05) is 0 Å². The molecule has 0 bridgehead atoms. The number of nitrogens with zero attached hydrogens (tertiary/aromatic N) is 1. The van der Waals surface area contributed by atoms with Crippen LogP contribution in [0.25, 0.3) is 0 Å². The lowest BCUT2D eigenvalue weighted by molar-refractivity contribution is 0.305. The van der Waals surface area contributed by atoms with E-state index in [0.717, 1.165) is 0 Å². The van der Waals surface area contributed by atoms with Gasteiger partial charge in [-0.25, -0.2) is 0 Å². The summed E-state index contributed by atoms with van der Waals surface area (Å²) in [6.45, 7) is 0. The largest absolute Gasteiger partial charge is 0.696 e. The maximum absolute atomic E-state index is 9.74. The Labute approximate surface area is 60.5 Å². The third-order valence-electron chi connectivity index (χ3n) is 0.284. The fourth-order valence-electron chi connectivity index (χ4n) is 0.103. The Bertz CT molecular complexity index is 132. The smallest absolute Gasteiger partial charge is 0.194 e. The molecular formula is C2H2INO3P+. The summed E-state index contributed by atoms with van der Waals surface area (Å²) in [5, 5.41) is 7.96. The molecule has 4 nitrogen and oxygen atoms in total. The highest BCUT2D eigenvalue weighted by Crippen LogP contribution is 2.20. The molecule has 6 heteroatoms. The summed E-state index contributed by atoms with van der Waals surface area (Å²) < 4.78 is 13.0. The fraction of sp³-hybridized carbons (Fsp3) is 0.500. The topological polar surface area (TPSA) is 70.3 Å². The quantitative estimate of drug-likeness (QED) is 0.447. The van der Waals surface area contributed by atoms with E-state index < -0.39 is 12.4 Å². The van der Waals surface area contributed by atoms with E-state index >= 15 is 0 Å². The van der Waals surface area contributed by atoms with E-state index in [2.05, 4.69) is 4.52 Å². The molecule has 0 aromatic rings. The molecule has 0 radical (unpaired) electrons. The van der Waals surface area contributed by atoms with Crippen molar-refractivity contribution in [3.8, 4) is 6.07 Å². The molecule has 0 saturated heterocycles. The monoisotopic (exact) mass is 246 g/mol. The Kier molecular flexibility index (Phi) is 4.28. The van der Waals surface area contributed by atoms with E-state index in [-0.39, 0.29) is 0 Å². The molecule has 8 heavy (non-hydrogen) atoms. The van der Waals surface area contributed by atoms with Gasteiger partial charge in [0.2, 0.25) is 0 Å². The zero-order valence-electron chi connectivity index (χ0n) is 3.61. The lowest BCUT2D eigenvalue weighted by Gasteiger charge is -1.80. The minimum Gasteiger partial charge on any atom is -0.194 e. The average Bonchev–Trinajstić information content (AvgIpc) is 1.65. The molecule has 0 rings (SSSR count). The van der Waals surface area contributed by atoms with Gasteiger partial charge < -0.3 is 0 Å². The van der Waals surface area contributed by atoms with Crippen molar-refractivity contribution < 1.29 is 14.0 Å². The van der Waals surface area contributed by atoms with Gasteiger partial charge in [0.05, 0.1) is 0 Å². The SMILES string of the molecule is N#CC(I)O[P+](=O)O. The molecule has 0 amide bonds. The number of nitriles is 1. The van der Waals surface area contributed by atoms with Crippen molar-refractivity contribution in [1.29, 1.82) is 5.26 Å². The zero-order valence-corrected chi connectivity index (χ0v) is 6.67. The Hall–Kier alpha value is 0.240. The highest BCUT2D eigenvalue weighted by Gasteiger charge is 2.18. The summed E-state index contributed by atoms with van der Waals surface area (Å²) in [4.78, 5) is 7.99. The molecule has 0 aliphatic carbocycles. The molecule has 2 atom stereocenters. The molecule has 1 N–H and O–H groups in total. The molecule has 2 unspecified atom stereocenters. The molecule has 0 aromatic carbocycles. The van der Waals surface area contributed by atoms with Crippen LogP contribution >= 0.6 is 30.8 Å². The lowest BCUT2D eigenvalue weighted by atomic mass is 10.9. The average molecular weight is 246 g/mol. The van der Waals surface area contributed by atoms with E-state index in [0.29, 0.717) is 0 Å². The van der Waals surface area contributed by atoms with Crippen molar-refractivity contribution in [2.45, 2.75) is 4.11 Å². The number of hydrogen-bond acceptors (Lipinski definition) is 3. The summed E-state index contributed by atoms with van der Waals surface area (Å²) in [6, 6.07) is 1.62. The lowest BCUT2D eigenvalue weighted by Crippen LogP contribution is -1.91. The Morgan fingerprint density at radius 1 is 2.00 bits per heavy atom. The molecule has 0 saturated carbocycles. The van der Waals surface area contributed by atoms with Gasteiger partial charge in [-0.15, -0.1) is 4.89 Å². The van der Waals surface area contributed by atoms with Gasteiger partial charge in [0.1, 0.15) is 6.07 Å². The van der Waals surface area contributed by atoms with Crippen LogP contribution in [0.5, 0.6) is 0 Å². The molecule has 44 valence electrons. The first-order valence-electron chi connectivity index (χ1n) is 1.53. The molecule has 0 aliphatic rings. The second kappa shape index (κ2) is 4.15. The third kappa shape index (κ3) is 4.40. The second-order valence-corrected chi connectivity index (χ2v) is 2.61. The van der Waals surface area contributed by atoms with E-state index in [1.54, 1.807) is 28.7 Å². The zero-order chi connectivity index (χ0) is 6.57. The van der Waals surface area contributed by atoms with Gasteiger partial charge in [-0.05, 0) is 22.6 Å². The van der Waals surface area contributed by atoms with Crippen LogP contribution in [-0.4, -0.2) is 9.00 Å². The first-order valence-corrected chi connectivity index (χ1v) is 3.91. The van der Waals surface area contributed by atoms with E-state index in [4.69, 9.17) is 10.2 Å². The third-order valence-corrected chi connectivity index (χ3v) is 1.61. The Morgan fingerprint density at radius 3 is 2.62 bits per heavy atom. The summed E-state index contributed by atoms with van der Waals surface area (Å²) in [7, 11) is -2.63. The van der Waals surface area contributed by atoms with Gasteiger partial charge in [0.25, 0.3) is 4.11 Å². The van der Waals surface area contributed by atoms with Crippen LogP contribution in [0.3, 0.4) is 0 Å². The second-order valence-electron chi connectivity index (χ2n) is 0.788. The van der Waals surface area contributed by atoms with Crippen molar-refractivity contribution in [3.05, 3.63) is 0 Å². The summed E-state index contributed by atoms with van der Waals surface area (Å²) in [5.41, 5.74) is 0.